The number of hydrogen-bond acceptors (Lipinski definition) is 3. The number of hydrogen-bond donors (Lipinski definition) is 1. The van der Waals surface area contributed by atoms with Gasteiger partial charge in [0.2, 0.25) is 0 Å². The SMILES string of the molecule is CC(C)CNCc1ccc(N2CCN(C3CC3)CC2)cc1. The summed E-state index contributed by atoms with van der Waals surface area (Å²) in [6.45, 7) is 11.4. The third-order valence-corrected chi connectivity index (χ3v) is 4.56. The largest absolute Gasteiger partial charge is 0.369 e. The molecule has 0 unspecified atom stereocenters. The molecule has 0 aromatic heterocycles. The highest BCUT2D eigenvalue weighted by Gasteiger charge is 2.31. The first-order valence-corrected chi connectivity index (χ1v) is 8.51. The number of nitrogens with one attached hydrogen (secondary N) is 1. The Morgan fingerprint density at radius 1 is 1.05 bits per heavy atom. The molecule has 0 spiro atoms. The Balaban J connectivity index is 1.47. The van der Waals surface area contributed by atoms with E-state index in [0.717, 1.165) is 19.1 Å². The third-order valence-electron chi connectivity index (χ3n) is 4.56. The van der Waals surface area contributed by atoms with Gasteiger partial charge in [0.15, 0.2) is 0 Å². The van der Waals surface area contributed by atoms with Gasteiger partial charge in [-0.1, -0.05) is 26.0 Å². The van der Waals surface area contributed by atoms with Crippen molar-refractivity contribution >= 4 is 5.69 Å². The molecule has 116 valence electrons. The summed E-state index contributed by atoms with van der Waals surface area (Å²) in [6.07, 6.45) is 2.86. The molecule has 0 radical (unpaired) electrons. The normalized spacial score (nSPS) is 20.2. The van der Waals surface area contributed by atoms with Crippen LogP contribution in [0.15, 0.2) is 24.3 Å². The molecular weight excluding hydrogens is 258 g/mol. The van der Waals surface area contributed by atoms with E-state index < -0.39 is 0 Å². The molecule has 1 N–H and O–H groups in total. The van der Waals surface area contributed by atoms with Crippen LogP contribution in [-0.4, -0.2) is 43.7 Å². The van der Waals surface area contributed by atoms with Gasteiger partial charge in [-0.25, -0.2) is 0 Å². The highest BCUT2D eigenvalue weighted by molar-refractivity contribution is 5.48. The van der Waals surface area contributed by atoms with E-state index >= 15 is 0 Å². The molecule has 3 rings (SSSR count). The maximum absolute atomic E-state index is 3.51. The van der Waals surface area contributed by atoms with Crippen LogP contribution >= 0.6 is 0 Å². The van der Waals surface area contributed by atoms with Gasteiger partial charge in [-0.05, 0) is 43.0 Å². The standard InChI is InChI=1S/C18H29N3/c1-15(2)13-19-14-16-3-5-17(6-4-16)20-9-11-21(12-10-20)18-7-8-18/h3-6,15,18-19H,7-14H2,1-2H3. The third kappa shape index (κ3) is 4.21. The Morgan fingerprint density at radius 3 is 2.29 bits per heavy atom. The second-order valence-corrected chi connectivity index (χ2v) is 6.95. The van der Waals surface area contributed by atoms with Crippen molar-refractivity contribution in [3.05, 3.63) is 29.8 Å². The van der Waals surface area contributed by atoms with Crippen molar-refractivity contribution in [1.82, 2.24) is 10.2 Å². The van der Waals surface area contributed by atoms with Gasteiger partial charge in [0, 0.05) is 44.5 Å². The minimum atomic E-state index is 0.715. The van der Waals surface area contributed by atoms with Gasteiger partial charge in [-0.15, -0.1) is 0 Å². The molecule has 1 saturated carbocycles. The predicted octanol–water partition coefficient (Wildman–Crippen LogP) is 2.72. The van der Waals surface area contributed by atoms with Crippen LogP contribution in [-0.2, 0) is 6.54 Å². The van der Waals surface area contributed by atoms with Crippen LogP contribution in [0.2, 0.25) is 0 Å². The van der Waals surface area contributed by atoms with Crippen molar-refractivity contribution in [1.29, 1.82) is 0 Å². The molecule has 1 heterocycles. The van der Waals surface area contributed by atoms with Gasteiger partial charge < -0.3 is 10.2 Å². The number of rotatable bonds is 6. The second kappa shape index (κ2) is 6.80. The van der Waals surface area contributed by atoms with Gasteiger partial charge in [-0.3, -0.25) is 4.90 Å². The average Bonchev–Trinajstić information content (AvgIpc) is 3.33. The first kappa shape index (κ1) is 14.9. The van der Waals surface area contributed by atoms with Crippen LogP contribution in [0.1, 0.15) is 32.3 Å². The van der Waals surface area contributed by atoms with E-state index in [2.05, 4.69) is 53.2 Å². The van der Waals surface area contributed by atoms with Crippen molar-refractivity contribution in [2.75, 3.05) is 37.6 Å². The van der Waals surface area contributed by atoms with E-state index in [1.165, 1.54) is 50.3 Å². The molecule has 1 aromatic rings. The van der Waals surface area contributed by atoms with E-state index in [0.29, 0.717) is 5.92 Å². The minimum absolute atomic E-state index is 0.715. The first-order valence-electron chi connectivity index (χ1n) is 8.51. The van der Waals surface area contributed by atoms with Crippen LogP contribution < -0.4 is 10.2 Å². The molecule has 2 aliphatic rings. The molecule has 0 amide bonds. The van der Waals surface area contributed by atoms with Gasteiger partial charge in [0.1, 0.15) is 0 Å². The van der Waals surface area contributed by atoms with E-state index in [9.17, 15) is 0 Å². The maximum Gasteiger partial charge on any atom is 0.0367 e. The summed E-state index contributed by atoms with van der Waals surface area (Å²) in [4.78, 5) is 5.20. The fourth-order valence-corrected chi connectivity index (χ4v) is 3.11. The van der Waals surface area contributed by atoms with E-state index in [1.807, 2.05) is 0 Å². The van der Waals surface area contributed by atoms with Crippen LogP contribution in [0, 0.1) is 5.92 Å². The molecule has 21 heavy (non-hydrogen) atoms. The molecule has 1 aromatic carbocycles. The van der Waals surface area contributed by atoms with Crippen molar-refractivity contribution < 1.29 is 0 Å². The summed E-state index contributed by atoms with van der Waals surface area (Å²) in [7, 11) is 0. The second-order valence-electron chi connectivity index (χ2n) is 6.95. The van der Waals surface area contributed by atoms with Crippen LogP contribution in [0.3, 0.4) is 0 Å². The van der Waals surface area contributed by atoms with Crippen molar-refractivity contribution in [2.45, 2.75) is 39.3 Å². The van der Waals surface area contributed by atoms with Crippen LogP contribution in [0.4, 0.5) is 5.69 Å². The Kier molecular flexibility index (Phi) is 4.81. The molecule has 1 aliphatic carbocycles. The molecular formula is C18H29N3. The zero-order valence-corrected chi connectivity index (χ0v) is 13.5. The van der Waals surface area contributed by atoms with E-state index in [-0.39, 0.29) is 0 Å². The molecule has 1 aliphatic heterocycles. The lowest BCUT2D eigenvalue weighted by molar-refractivity contribution is 0.248. The molecule has 0 atom stereocenters. The van der Waals surface area contributed by atoms with Crippen molar-refractivity contribution in [2.24, 2.45) is 5.92 Å². The molecule has 3 heteroatoms. The molecule has 2 fully saturated rings. The van der Waals surface area contributed by atoms with Crippen molar-refractivity contribution in [3.8, 4) is 0 Å². The summed E-state index contributed by atoms with van der Waals surface area (Å²) in [5, 5.41) is 3.51. The smallest absolute Gasteiger partial charge is 0.0367 e. The highest BCUT2D eigenvalue weighted by Crippen LogP contribution is 2.28. The zero-order valence-electron chi connectivity index (χ0n) is 13.5. The number of nitrogens with zero attached hydrogens (tertiary/aromatic N) is 2. The Morgan fingerprint density at radius 2 is 1.71 bits per heavy atom. The number of benzene rings is 1. The summed E-state index contributed by atoms with van der Waals surface area (Å²) in [5.41, 5.74) is 2.77. The Hall–Kier alpha value is -1.06. The van der Waals surface area contributed by atoms with Crippen molar-refractivity contribution in [3.63, 3.8) is 0 Å². The minimum Gasteiger partial charge on any atom is -0.369 e. The molecule has 3 nitrogen and oxygen atoms in total. The number of anilines is 1. The first-order chi connectivity index (χ1) is 10.2. The van der Waals surface area contributed by atoms with E-state index in [1.54, 1.807) is 0 Å². The lowest BCUT2D eigenvalue weighted by Gasteiger charge is -2.36. The lowest BCUT2D eigenvalue weighted by Crippen LogP contribution is -2.47. The molecule has 1 saturated heterocycles. The fraction of sp³-hybridized carbons (Fsp3) is 0.667. The highest BCUT2D eigenvalue weighted by atomic mass is 15.3. The maximum atomic E-state index is 3.51. The van der Waals surface area contributed by atoms with Gasteiger partial charge in [-0.2, -0.15) is 0 Å². The van der Waals surface area contributed by atoms with Crippen LogP contribution in [0.25, 0.3) is 0 Å². The van der Waals surface area contributed by atoms with Gasteiger partial charge in [0.05, 0.1) is 0 Å². The van der Waals surface area contributed by atoms with Gasteiger partial charge >= 0.3 is 0 Å². The van der Waals surface area contributed by atoms with Crippen LogP contribution in [0.5, 0.6) is 0 Å². The average molecular weight is 287 g/mol. The lowest BCUT2D eigenvalue weighted by atomic mass is 10.1. The number of piperazine rings is 1. The Bertz CT molecular complexity index is 428. The quantitative estimate of drug-likeness (QED) is 0.868. The summed E-state index contributed by atoms with van der Waals surface area (Å²) >= 11 is 0. The summed E-state index contributed by atoms with van der Waals surface area (Å²) in [6, 6.07) is 10.0. The summed E-state index contributed by atoms with van der Waals surface area (Å²) < 4.78 is 0. The topological polar surface area (TPSA) is 18.5 Å². The Labute approximate surface area is 129 Å². The van der Waals surface area contributed by atoms with Gasteiger partial charge in [0.25, 0.3) is 0 Å². The predicted molar refractivity (Wildman–Crippen MR) is 89.8 cm³/mol. The summed E-state index contributed by atoms with van der Waals surface area (Å²) in [5.74, 6) is 0.715. The molecule has 0 bridgehead atoms. The fourth-order valence-electron chi connectivity index (χ4n) is 3.11. The van der Waals surface area contributed by atoms with E-state index in [4.69, 9.17) is 0 Å². The zero-order chi connectivity index (χ0) is 14.7. The monoisotopic (exact) mass is 287 g/mol.